The molecule has 3 N–H and O–H groups in total. The lowest BCUT2D eigenvalue weighted by atomic mass is 10.3. The number of nitrogens with zero attached hydrogens (tertiary/aromatic N) is 1. The van der Waals surface area contributed by atoms with Gasteiger partial charge in [0.25, 0.3) is 0 Å². The van der Waals surface area contributed by atoms with Gasteiger partial charge in [-0.2, -0.15) is 26.3 Å². The summed E-state index contributed by atoms with van der Waals surface area (Å²) in [5.74, 6) is 5.06. The molecule has 0 aliphatic carbocycles. The highest BCUT2D eigenvalue weighted by Crippen LogP contribution is 2.34. The number of hydrazine groups is 1. The van der Waals surface area contributed by atoms with Crippen molar-refractivity contribution in [3.05, 3.63) is 16.1 Å². The summed E-state index contributed by atoms with van der Waals surface area (Å²) in [6, 6.07) is -0.990. The second kappa shape index (κ2) is 6.03. The van der Waals surface area contributed by atoms with Crippen molar-refractivity contribution in [2.45, 2.75) is 18.4 Å². The molecule has 110 valence electrons. The molecule has 0 saturated carbocycles. The summed E-state index contributed by atoms with van der Waals surface area (Å²) in [6.45, 7) is -2.02. The van der Waals surface area contributed by atoms with Gasteiger partial charge in [-0.1, -0.05) is 0 Å². The summed E-state index contributed by atoms with van der Waals surface area (Å²) in [6.07, 6.45) is -8.21. The maximum Gasteiger partial charge on any atom is 0.443 e. The molecule has 0 amide bonds. The maximum absolute atomic E-state index is 12.3. The second-order valence-corrected chi connectivity index (χ2v) is 4.48. The Hall–Kier alpha value is -0.910. The summed E-state index contributed by atoms with van der Waals surface area (Å²) >= 11 is 0.291. The van der Waals surface area contributed by atoms with E-state index in [4.69, 9.17) is 5.84 Å². The Kier molecular flexibility index (Phi) is 5.12. The zero-order chi connectivity index (χ0) is 14.7. The average molecular weight is 309 g/mol. The van der Waals surface area contributed by atoms with Crippen molar-refractivity contribution in [2.24, 2.45) is 5.84 Å². The Morgan fingerprint density at radius 2 is 1.95 bits per heavy atom. The summed E-state index contributed by atoms with van der Waals surface area (Å²) in [5.41, 5.74) is 2.08. The minimum atomic E-state index is -4.60. The normalized spacial score (nSPS) is 14.7. The molecule has 4 nitrogen and oxygen atoms in total. The fourth-order valence-electron chi connectivity index (χ4n) is 1.08. The van der Waals surface area contributed by atoms with E-state index in [1.54, 1.807) is 0 Å². The van der Waals surface area contributed by atoms with E-state index >= 15 is 0 Å². The number of nitrogens with two attached hydrogens (primary N) is 1. The van der Waals surface area contributed by atoms with Crippen LogP contribution in [0.2, 0.25) is 0 Å². The fraction of sp³-hybridized carbons (Fsp3) is 0.625. The number of nitrogens with one attached hydrogen (secondary N) is 1. The Labute approximate surface area is 107 Å². The SMILES string of the molecule is NNC(COCC(F)(F)F)c1cnc(C(F)(F)F)s1. The van der Waals surface area contributed by atoms with Gasteiger partial charge >= 0.3 is 12.4 Å². The lowest BCUT2D eigenvalue weighted by molar-refractivity contribution is -0.175. The van der Waals surface area contributed by atoms with Gasteiger partial charge in [0, 0.05) is 11.1 Å². The first-order chi connectivity index (χ1) is 8.63. The van der Waals surface area contributed by atoms with Gasteiger partial charge in [0.1, 0.15) is 6.61 Å². The van der Waals surface area contributed by atoms with Gasteiger partial charge in [-0.25, -0.2) is 10.4 Å². The molecule has 1 aromatic heterocycles. The minimum Gasteiger partial charge on any atom is -0.370 e. The first-order valence-corrected chi connectivity index (χ1v) is 5.58. The van der Waals surface area contributed by atoms with Gasteiger partial charge in [-0.15, -0.1) is 11.3 Å². The van der Waals surface area contributed by atoms with Crippen molar-refractivity contribution in [3.8, 4) is 0 Å². The predicted molar refractivity (Wildman–Crippen MR) is 54.1 cm³/mol. The number of alkyl halides is 6. The molecule has 0 bridgehead atoms. The lowest BCUT2D eigenvalue weighted by Gasteiger charge is -2.15. The third-order valence-corrected chi connectivity index (χ3v) is 3.02. The van der Waals surface area contributed by atoms with Crippen LogP contribution in [0.25, 0.3) is 0 Å². The molecule has 11 heteroatoms. The molecule has 19 heavy (non-hydrogen) atoms. The van der Waals surface area contributed by atoms with Crippen LogP contribution < -0.4 is 11.3 Å². The van der Waals surface area contributed by atoms with Crippen molar-refractivity contribution >= 4 is 11.3 Å². The molecule has 1 unspecified atom stereocenters. The van der Waals surface area contributed by atoms with Crippen LogP contribution in [0.3, 0.4) is 0 Å². The van der Waals surface area contributed by atoms with Crippen molar-refractivity contribution in [1.29, 1.82) is 0 Å². The molecule has 1 heterocycles. The molecule has 0 spiro atoms. The molecule has 0 aromatic carbocycles. The van der Waals surface area contributed by atoms with Crippen LogP contribution in [0.4, 0.5) is 26.3 Å². The first-order valence-electron chi connectivity index (χ1n) is 4.77. The smallest absolute Gasteiger partial charge is 0.370 e. The van der Waals surface area contributed by atoms with Gasteiger partial charge in [0.05, 0.1) is 12.6 Å². The molecule has 1 aromatic rings. The summed E-state index contributed by atoms with van der Waals surface area (Å²) in [5, 5.41) is -1.10. The van der Waals surface area contributed by atoms with E-state index in [1.807, 2.05) is 0 Å². The van der Waals surface area contributed by atoms with E-state index in [0.717, 1.165) is 6.20 Å². The molecular formula is C8H9F6N3OS. The zero-order valence-corrected chi connectivity index (χ0v) is 9.99. The van der Waals surface area contributed by atoms with E-state index in [2.05, 4.69) is 15.1 Å². The van der Waals surface area contributed by atoms with Crippen LogP contribution in [0.15, 0.2) is 6.20 Å². The van der Waals surface area contributed by atoms with E-state index in [0.29, 0.717) is 11.3 Å². The van der Waals surface area contributed by atoms with Gasteiger partial charge in [-0.3, -0.25) is 5.84 Å². The fourth-order valence-corrected chi connectivity index (χ4v) is 1.91. The Morgan fingerprint density at radius 1 is 1.32 bits per heavy atom. The Bertz CT molecular complexity index is 404. The van der Waals surface area contributed by atoms with Gasteiger partial charge in [-0.05, 0) is 0 Å². The Balaban J connectivity index is 2.63. The van der Waals surface area contributed by atoms with Gasteiger partial charge in [0.15, 0.2) is 5.01 Å². The van der Waals surface area contributed by atoms with Crippen LogP contribution in [0.5, 0.6) is 0 Å². The largest absolute Gasteiger partial charge is 0.443 e. The van der Waals surface area contributed by atoms with E-state index in [9.17, 15) is 26.3 Å². The molecule has 0 aliphatic rings. The number of thiazole rings is 1. The zero-order valence-electron chi connectivity index (χ0n) is 9.18. The molecule has 0 saturated heterocycles. The van der Waals surface area contributed by atoms with Crippen LogP contribution in [-0.4, -0.2) is 24.4 Å². The standard InChI is InChI=1S/C8H9F6N3OS/c9-7(10,11)3-18-2-4(17-15)5-1-16-6(19-5)8(12,13)14/h1,4,17H,2-3,15H2. The number of aromatic nitrogens is 1. The highest BCUT2D eigenvalue weighted by atomic mass is 32.1. The van der Waals surface area contributed by atoms with Crippen LogP contribution >= 0.6 is 11.3 Å². The highest BCUT2D eigenvalue weighted by molar-refractivity contribution is 7.11. The van der Waals surface area contributed by atoms with Crippen LogP contribution in [-0.2, 0) is 10.9 Å². The highest BCUT2D eigenvalue weighted by Gasteiger charge is 2.35. The quantitative estimate of drug-likeness (QED) is 0.497. The number of ether oxygens (including phenoxy) is 1. The molecule has 1 rings (SSSR count). The monoisotopic (exact) mass is 309 g/mol. The van der Waals surface area contributed by atoms with Crippen molar-refractivity contribution in [2.75, 3.05) is 13.2 Å². The topological polar surface area (TPSA) is 60.2 Å². The second-order valence-electron chi connectivity index (χ2n) is 3.42. The maximum atomic E-state index is 12.3. The number of rotatable bonds is 5. The van der Waals surface area contributed by atoms with Crippen LogP contribution in [0, 0.1) is 0 Å². The lowest BCUT2D eigenvalue weighted by Crippen LogP contribution is -2.32. The summed E-state index contributed by atoms with van der Waals surface area (Å²) < 4.78 is 76.7. The molecule has 0 radical (unpaired) electrons. The number of hydrogen-bond donors (Lipinski definition) is 2. The average Bonchev–Trinajstić information content (AvgIpc) is 2.71. The number of hydrogen-bond acceptors (Lipinski definition) is 5. The van der Waals surface area contributed by atoms with Gasteiger partial charge in [0.2, 0.25) is 0 Å². The van der Waals surface area contributed by atoms with E-state index in [1.165, 1.54) is 0 Å². The summed E-state index contributed by atoms with van der Waals surface area (Å²) in [4.78, 5) is 3.17. The molecule has 0 fully saturated rings. The van der Waals surface area contributed by atoms with Crippen molar-refractivity contribution < 1.29 is 31.1 Å². The van der Waals surface area contributed by atoms with E-state index < -0.39 is 36.6 Å². The molecular weight excluding hydrogens is 300 g/mol. The van der Waals surface area contributed by atoms with Crippen molar-refractivity contribution in [1.82, 2.24) is 10.4 Å². The predicted octanol–water partition coefficient (Wildman–Crippen LogP) is 2.25. The first kappa shape index (κ1) is 16.1. The van der Waals surface area contributed by atoms with Gasteiger partial charge < -0.3 is 4.74 Å². The molecule has 1 atom stereocenters. The number of halogens is 6. The van der Waals surface area contributed by atoms with E-state index in [-0.39, 0.29) is 4.88 Å². The third-order valence-electron chi connectivity index (χ3n) is 1.86. The Morgan fingerprint density at radius 3 is 2.37 bits per heavy atom. The summed E-state index contributed by atoms with van der Waals surface area (Å²) in [7, 11) is 0. The third kappa shape index (κ3) is 5.30. The van der Waals surface area contributed by atoms with Crippen LogP contribution in [0.1, 0.15) is 15.9 Å². The minimum absolute atomic E-state index is 0.0389. The van der Waals surface area contributed by atoms with Crippen molar-refractivity contribution in [3.63, 3.8) is 0 Å². The molecule has 0 aliphatic heterocycles.